The lowest BCUT2D eigenvalue weighted by Crippen LogP contribution is -2.25. The summed E-state index contributed by atoms with van der Waals surface area (Å²) in [6.07, 6.45) is 3.02. The number of benzene rings is 1. The van der Waals surface area contributed by atoms with Crippen molar-refractivity contribution in [3.8, 4) is 5.75 Å². The van der Waals surface area contributed by atoms with Gasteiger partial charge in [-0.05, 0) is 54.4 Å². The number of aliphatic hydroxyl groups excluding tert-OH is 1. The van der Waals surface area contributed by atoms with Crippen LogP contribution < -0.4 is 4.74 Å². The number of aliphatic hydroxyl groups is 1. The molecule has 1 N–H and O–H groups in total. The summed E-state index contributed by atoms with van der Waals surface area (Å²) in [7, 11) is 1.66. The van der Waals surface area contributed by atoms with Gasteiger partial charge in [-0.15, -0.1) is 0 Å². The summed E-state index contributed by atoms with van der Waals surface area (Å²) < 4.78 is 6.22. The Bertz CT molecular complexity index is 433. The molecule has 0 aromatic heterocycles. The van der Waals surface area contributed by atoms with E-state index < -0.39 is 6.10 Å². The van der Waals surface area contributed by atoms with Gasteiger partial charge in [-0.1, -0.05) is 36.2 Å². The van der Waals surface area contributed by atoms with Crippen LogP contribution in [0.15, 0.2) is 22.7 Å². The van der Waals surface area contributed by atoms with E-state index in [9.17, 15) is 5.11 Å². The molecule has 1 fully saturated rings. The third-order valence-electron chi connectivity index (χ3n) is 4.61. The summed E-state index contributed by atoms with van der Waals surface area (Å²) in [5.41, 5.74) is 0.950. The van der Waals surface area contributed by atoms with Gasteiger partial charge >= 0.3 is 0 Å². The standard InChI is InChI=1S/C16H23BrO2/c1-10-4-5-12(8-11(10)2)16(18)14-9-13(19-3)6-7-15(14)17/h6-7,9-12,16,18H,4-5,8H2,1-3H3. The van der Waals surface area contributed by atoms with Crippen LogP contribution in [0.4, 0.5) is 0 Å². The monoisotopic (exact) mass is 326 g/mol. The molecule has 0 bridgehead atoms. The summed E-state index contributed by atoms with van der Waals surface area (Å²) in [6, 6.07) is 5.80. The summed E-state index contributed by atoms with van der Waals surface area (Å²) in [5.74, 6) is 2.62. The van der Waals surface area contributed by atoms with E-state index in [-0.39, 0.29) is 0 Å². The topological polar surface area (TPSA) is 29.5 Å². The molecule has 19 heavy (non-hydrogen) atoms. The van der Waals surface area contributed by atoms with E-state index >= 15 is 0 Å². The fourth-order valence-electron chi connectivity index (χ4n) is 3.01. The summed E-state index contributed by atoms with van der Waals surface area (Å²) in [6.45, 7) is 4.61. The Morgan fingerprint density at radius 1 is 1.26 bits per heavy atom. The van der Waals surface area contributed by atoms with Crippen LogP contribution in [0.5, 0.6) is 5.75 Å². The van der Waals surface area contributed by atoms with Crippen molar-refractivity contribution in [3.63, 3.8) is 0 Å². The van der Waals surface area contributed by atoms with Crippen LogP contribution in [0.25, 0.3) is 0 Å². The number of hydrogen-bond donors (Lipinski definition) is 1. The van der Waals surface area contributed by atoms with E-state index in [4.69, 9.17) is 4.74 Å². The first-order valence-electron chi connectivity index (χ1n) is 7.04. The Morgan fingerprint density at radius 2 is 2.00 bits per heavy atom. The van der Waals surface area contributed by atoms with Crippen molar-refractivity contribution >= 4 is 15.9 Å². The van der Waals surface area contributed by atoms with Crippen molar-refractivity contribution < 1.29 is 9.84 Å². The lowest BCUT2D eigenvalue weighted by Gasteiger charge is -2.35. The number of ether oxygens (including phenoxy) is 1. The first-order valence-corrected chi connectivity index (χ1v) is 7.83. The fourth-order valence-corrected chi connectivity index (χ4v) is 3.49. The third kappa shape index (κ3) is 3.32. The molecule has 0 radical (unpaired) electrons. The minimum Gasteiger partial charge on any atom is -0.497 e. The normalized spacial score (nSPS) is 29.0. The molecular weight excluding hydrogens is 304 g/mol. The van der Waals surface area contributed by atoms with Gasteiger partial charge < -0.3 is 9.84 Å². The minimum absolute atomic E-state index is 0.356. The highest BCUT2D eigenvalue weighted by molar-refractivity contribution is 9.10. The van der Waals surface area contributed by atoms with Crippen molar-refractivity contribution in [1.82, 2.24) is 0 Å². The second-order valence-corrected chi connectivity index (χ2v) is 6.71. The SMILES string of the molecule is COc1ccc(Br)c(C(O)C2CCC(C)C(C)C2)c1. The summed E-state index contributed by atoms with van der Waals surface area (Å²) >= 11 is 3.54. The van der Waals surface area contributed by atoms with Crippen molar-refractivity contribution in [3.05, 3.63) is 28.2 Å². The average molecular weight is 327 g/mol. The number of methoxy groups -OCH3 is 1. The molecule has 0 saturated heterocycles. The summed E-state index contributed by atoms with van der Waals surface area (Å²) in [5, 5.41) is 10.7. The van der Waals surface area contributed by atoms with Crippen LogP contribution in [-0.4, -0.2) is 12.2 Å². The maximum atomic E-state index is 10.7. The second-order valence-electron chi connectivity index (χ2n) is 5.86. The predicted octanol–water partition coefficient (Wildman–Crippen LogP) is 4.56. The van der Waals surface area contributed by atoms with Gasteiger partial charge in [-0.3, -0.25) is 0 Å². The van der Waals surface area contributed by atoms with Gasteiger partial charge in [0.15, 0.2) is 0 Å². The molecule has 0 amide bonds. The lowest BCUT2D eigenvalue weighted by molar-refractivity contribution is 0.0555. The Balaban J connectivity index is 2.17. The largest absolute Gasteiger partial charge is 0.497 e. The highest BCUT2D eigenvalue weighted by atomic mass is 79.9. The third-order valence-corrected chi connectivity index (χ3v) is 5.33. The lowest BCUT2D eigenvalue weighted by atomic mass is 9.73. The van der Waals surface area contributed by atoms with E-state index in [1.807, 2.05) is 18.2 Å². The number of halogens is 1. The van der Waals surface area contributed by atoms with E-state index in [0.717, 1.165) is 34.5 Å². The van der Waals surface area contributed by atoms with Crippen LogP contribution >= 0.6 is 15.9 Å². The zero-order valence-corrected chi connectivity index (χ0v) is 13.5. The molecule has 2 rings (SSSR count). The highest BCUT2D eigenvalue weighted by Crippen LogP contribution is 2.42. The molecule has 4 unspecified atom stereocenters. The first kappa shape index (κ1) is 14.9. The van der Waals surface area contributed by atoms with Gasteiger partial charge in [-0.2, -0.15) is 0 Å². The molecule has 0 spiro atoms. The average Bonchev–Trinajstić information content (AvgIpc) is 2.41. The van der Waals surface area contributed by atoms with Crippen LogP contribution in [0, 0.1) is 17.8 Å². The van der Waals surface area contributed by atoms with Gasteiger partial charge in [-0.25, -0.2) is 0 Å². The molecule has 1 aliphatic carbocycles. The van der Waals surface area contributed by atoms with Gasteiger partial charge in [0.25, 0.3) is 0 Å². The molecule has 2 nitrogen and oxygen atoms in total. The van der Waals surface area contributed by atoms with Crippen molar-refractivity contribution in [2.45, 2.75) is 39.2 Å². The van der Waals surface area contributed by atoms with E-state index in [2.05, 4.69) is 29.8 Å². The number of hydrogen-bond acceptors (Lipinski definition) is 2. The van der Waals surface area contributed by atoms with E-state index in [1.54, 1.807) is 7.11 Å². The quantitative estimate of drug-likeness (QED) is 0.882. The van der Waals surface area contributed by atoms with Gasteiger partial charge in [0.1, 0.15) is 5.75 Å². The van der Waals surface area contributed by atoms with E-state index in [1.165, 1.54) is 6.42 Å². The second kappa shape index (κ2) is 6.27. The smallest absolute Gasteiger partial charge is 0.119 e. The van der Waals surface area contributed by atoms with Crippen LogP contribution in [0.1, 0.15) is 44.8 Å². The zero-order valence-electron chi connectivity index (χ0n) is 11.9. The Kier molecular flexibility index (Phi) is 4.91. The van der Waals surface area contributed by atoms with Crippen molar-refractivity contribution in [2.24, 2.45) is 17.8 Å². The summed E-state index contributed by atoms with van der Waals surface area (Å²) in [4.78, 5) is 0. The van der Waals surface area contributed by atoms with Crippen LogP contribution in [0.3, 0.4) is 0 Å². The Hall–Kier alpha value is -0.540. The fraction of sp³-hybridized carbons (Fsp3) is 0.625. The number of rotatable bonds is 3. The molecular formula is C16H23BrO2. The zero-order chi connectivity index (χ0) is 14.0. The Morgan fingerprint density at radius 3 is 2.63 bits per heavy atom. The molecule has 1 aromatic rings. The molecule has 1 aromatic carbocycles. The molecule has 1 saturated carbocycles. The maximum Gasteiger partial charge on any atom is 0.119 e. The molecule has 1 aliphatic rings. The predicted molar refractivity (Wildman–Crippen MR) is 81.3 cm³/mol. The minimum atomic E-state index is -0.403. The molecule has 3 heteroatoms. The van der Waals surface area contributed by atoms with Crippen LogP contribution in [-0.2, 0) is 0 Å². The van der Waals surface area contributed by atoms with E-state index in [0.29, 0.717) is 11.8 Å². The maximum absolute atomic E-state index is 10.7. The first-order chi connectivity index (χ1) is 9.02. The highest BCUT2D eigenvalue weighted by Gasteiger charge is 2.30. The van der Waals surface area contributed by atoms with Crippen molar-refractivity contribution in [2.75, 3.05) is 7.11 Å². The van der Waals surface area contributed by atoms with Gasteiger partial charge in [0.2, 0.25) is 0 Å². The molecule has 4 atom stereocenters. The molecule has 106 valence electrons. The molecule has 0 aliphatic heterocycles. The van der Waals surface area contributed by atoms with Crippen molar-refractivity contribution in [1.29, 1.82) is 0 Å². The van der Waals surface area contributed by atoms with Crippen LogP contribution in [0.2, 0.25) is 0 Å². The van der Waals surface area contributed by atoms with Gasteiger partial charge in [0, 0.05) is 4.47 Å². The van der Waals surface area contributed by atoms with Gasteiger partial charge in [0.05, 0.1) is 13.2 Å². The Labute approximate surface area is 124 Å². The molecule has 0 heterocycles.